The first-order chi connectivity index (χ1) is 12.7. The van der Waals surface area contributed by atoms with E-state index in [-0.39, 0.29) is 36.0 Å². The molecule has 152 valence electrons. The molecule has 8 heteroatoms. The zero-order chi connectivity index (χ0) is 20.5. The van der Waals surface area contributed by atoms with E-state index in [0.29, 0.717) is 32.0 Å². The van der Waals surface area contributed by atoms with Crippen molar-refractivity contribution in [2.24, 2.45) is 16.8 Å². The van der Waals surface area contributed by atoms with E-state index in [9.17, 15) is 9.59 Å². The molecule has 2 saturated heterocycles. The maximum atomic E-state index is 12.7. The minimum atomic E-state index is -0.214. The number of carbonyl (C=O) groups is 2. The van der Waals surface area contributed by atoms with E-state index >= 15 is 0 Å². The van der Waals surface area contributed by atoms with Gasteiger partial charge in [0.05, 0.1) is 18.6 Å². The summed E-state index contributed by atoms with van der Waals surface area (Å²) in [6, 6.07) is -0.388. The molecule has 0 bridgehead atoms. The largest absolute Gasteiger partial charge is 0.326 e. The first kappa shape index (κ1) is 21.2. The molecule has 4 amide bonds. The topological polar surface area (TPSA) is 83.3 Å². The maximum absolute atomic E-state index is 12.7. The van der Waals surface area contributed by atoms with Crippen molar-refractivity contribution in [3.05, 3.63) is 0 Å². The van der Waals surface area contributed by atoms with Crippen molar-refractivity contribution in [1.82, 2.24) is 19.6 Å². The average molecular weight is 379 g/mol. The van der Waals surface area contributed by atoms with Gasteiger partial charge in [-0.3, -0.25) is 20.2 Å². The van der Waals surface area contributed by atoms with E-state index in [1.54, 1.807) is 16.8 Å². The number of amides is 4. The van der Waals surface area contributed by atoms with Crippen LogP contribution in [0.2, 0.25) is 0 Å². The summed E-state index contributed by atoms with van der Waals surface area (Å²) in [4.78, 5) is 36.6. The van der Waals surface area contributed by atoms with E-state index in [4.69, 9.17) is 10.4 Å². The number of aliphatic imine (C=N–C) groups is 1. The van der Waals surface area contributed by atoms with Crippen molar-refractivity contribution in [2.45, 2.75) is 53.6 Å². The lowest BCUT2D eigenvalue weighted by atomic mass is 10.0. The van der Waals surface area contributed by atoms with Gasteiger partial charge >= 0.3 is 12.1 Å². The Kier molecular flexibility index (Phi) is 6.49. The molecule has 2 aliphatic rings. The number of rotatable bonds is 7. The van der Waals surface area contributed by atoms with Crippen LogP contribution < -0.4 is 0 Å². The van der Waals surface area contributed by atoms with E-state index in [0.717, 1.165) is 5.84 Å². The van der Waals surface area contributed by atoms with Gasteiger partial charge in [-0.25, -0.2) is 9.59 Å². The predicted molar refractivity (Wildman–Crippen MR) is 107 cm³/mol. The van der Waals surface area contributed by atoms with Crippen LogP contribution in [0.4, 0.5) is 9.59 Å². The Labute approximate surface area is 162 Å². The molecule has 8 nitrogen and oxygen atoms in total. The van der Waals surface area contributed by atoms with Crippen molar-refractivity contribution in [3.63, 3.8) is 0 Å². The van der Waals surface area contributed by atoms with E-state index in [1.165, 1.54) is 4.90 Å². The highest BCUT2D eigenvalue weighted by Crippen LogP contribution is 2.25. The Morgan fingerprint density at radius 2 is 1.56 bits per heavy atom. The molecule has 0 aromatic heterocycles. The van der Waals surface area contributed by atoms with Crippen LogP contribution in [0, 0.1) is 17.2 Å². The van der Waals surface area contributed by atoms with Gasteiger partial charge in [0.2, 0.25) is 0 Å². The molecule has 2 heterocycles. The van der Waals surface area contributed by atoms with Crippen molar-refractivity contribution < 1.29 is 9.59 Å². The highest BCUT2D eigenvalue weighted by molar-refractivity contribution is 6.07. The molecule has 0 aromatic carbocycles. The lowest BCUT2D eigenvalue weighted by Crippen LogP contribution is -2.41. The van der Waals surface area contributed by atoms with Gasteiger partial charge in [-0.1, -0.05) is 27.7 Å². The average Bonchev–Trinajstić information content (AvgIpc) is 2.99. The molecule has 2 fully saturated rings. The molecule has 0 aliphatic carbocycles. The van der Waals surface area contributed by atoms with Gasteiger partial charge in [-0.15, -0.1) is 0 Å². The number of urea groups is 2. The van der Waals surface area contributed by atoms with Crippen molar-refractivity contribution in [2.75, 3.05) is 33.2 Å². The smallest absolute Gasteiger partial charge is 0.314 e. The van der Waals surface area contributed by atoms with Crippen molar-refractivity contribution >= 4 is 23.7 Å². The second kappa shape index (κ2) is 8.27. The highest BCUT2D eigenvalue weighted by Gasteiger charge is 2.44. The van der Waals surface area contributed by atoms with Crippen LogP contribution in [0.15, 0.2) is 4.99 Å². The third-order valence-corrected chi connectivity index (χ3v) is 5.39. The Morgan fingerprint density at radius 1 is 0.963 bits per heavy atom. The molecule has 2 aliphatic heterocycles. The van der Waals surface area contributed by atoms with Gasteiger partial charge in [0, 0.05) is 26.7 Å². The van der Waals surface area contributed by atoms with Gasteiger partial charge in [-0.2, -0.15) is 0 Å². The fraction of sp³-hybridized carbons (Fsp3) is 0.789. The second-order valence-corrected chi connectivity index (χ2v) is 7.85. The van der Waals surface area contributed by atoms with E-state index < -0.39 is 0 Å². The van der Waals surface area contributed by atoms with E-state index in [1.807, 2.05) is 32.6 Å². The normalized spacial score (nSPS) is 25.4. The SMILES string of the molecule is CCN1C(=N)C(C(C)C)N(CC/N=C2/C(C(C)C)N(CC)C(=O)N2C)C1=O. The molecule has 27 heavy (non-hydrogen) atoms. The first-order valence-corrected chi connectivity index (χ1v) is 9.92. The number of hydrogen-bond donors (Lipinski definition) is 1. The Hall–Kier alpha value is -2.12. The second-order valence-electron chi connectivity index (χ2n) is 7.85. The van der Waals surface area contributed by atoms with Crippen molar-refractivity contribution in [3.8, 4) is 0 Å². The van der Waals surface area contributed by atoms with Gasteiger partial charge in [0.15, 0.2) is 0 Å². The molecule has 0 spiro atoms. The number of carbonyl (C=O) groups excluding carboxylic acids is 2. The summed E-state index contributed by atoms with van der Waals surface area (Å²) in [7, 11) is 1.76. The van der Waals surface area contributed by atoms with Crippen LogP contribution in [0.25, 0.3) is 0 Å². The molecule has 0 aromatic rings. The number of amidine groups is 2. The Morgan fingerprint density at radius 3 is 2.04 bits per heavy atom. The van der Waals surface area contributed by atoms with Crippen molar-refractivity contribution in [1.29, 1.82) is 5.41 Å². The lowest BCUT2D eigenvalue weighted by Gasteiger charge is -2.26. The maximum Gasteiger partial charge on any atom is 0.326 e. The summed E-state index contributed by atoms with van der Waals surface area (Å²) < 4.78 is 0. The third kappa shape index (κ3) is 3.66. The summed E-state index contributed by atoms with van der Waals surface area (Å²) in [5.41, 5.74) is 0. The Balaban J connectivity index is 2.18. The number of hydrogen-bond acceptors (Lipinski definition) is 4. The van der Waals surface area contributed by atoms with Crippen LogP contribution >= 0.6 is 0 Å². The summed E-state index contributed by atoms with van der Waals surface area (Å²) in [6.45, 7) is 14.1. The number of nitrogens with zero attached hydrogens (tertiary/aromatic N) is 5. The number of likely N-dealkylation sites (N-methyl/N-ethyl adjacent to an activating group) is 3. The first-order valence-electron chi connectivity index (χ1n) is 9.92. The van der Waals surface area contributed by atoms with Gasteiger partial charge in [0.1, 0.15) is 11.7 Å². The quantitative estimate of drug-likeness (QED) is 0.738. The molecular weight excluding hydrogens is 344 g/mol. The summed E-state index contributed by atoms with van der Waals surface area (Å²) >= 11 is 0. The van der Waals surface area contributed by atoms with Crippen LogP contribution in [0.5, 0.6) is 0 Å². The molecule has 2 rings (SSSR count). The molecule has 2 unspecified atom stereocenters. The van der Waals surface area contributed by atoms with Crippen LogP contribution in [-0.4, -0.2) is 88.6 Å². The summed E-state index contributed by atoms with van der Waals surface area (Å²) in [6.07, 6.45) is 0. The van der Waals surface area contributed by atoms with Crippen LogP contribution in [0.3, 0.4) is 0 Å². The van der Waals surface area contributed by atoms with E-state index in [2.05, 4.69) is 13.8 Å². The fourth-order valence-electron chi connectivity index (χ4n) is 4.11. The third-order valence-electron chi connectivity index (χ3n) is 5.39. The zero-order valence-electron chi connectivity index (χ0n) is 17.7. The minimum absolute atomic E-state index is 0.0220. The predicted octanol–water partition coefficient (Wildman–Crippen LogP) is 2.56. The minimum Gasteiger partial charge on any atom is -0.314 e. The summed E-state index contributed by atoms with van der Waals surface area (Å²) in [5.74, 6) is 1.57. The van der Waals surface area contributed by atoms with Gasteiger partial charge < -0.3 is 9.80 Å². The standard InChI is InChI=1S/C19H34N6O2/c1-8-23-15(13(5)6)17(22(7)18(23)26)21-10-11-25-14(12(3)4)16(20)24(9-2)19(25)27/h12-15,20H,8-11H2,1-7H3/b20-16?,21-17-. The molecular formula is C19H34N6O2. The summed E-state index contributed by atoms with van der Waals surface area (Å²) in [5, 5.41) is 8.32. The molecule has 1 N–H and O–H groups in total. The monoisotopic (exact) mass is 378 g/mol. The van der Waals surface area contributed by atoms with Crippen LogP contribution in [-0.2, 0) is 0 Å². The highest BCUT2D eigenvalue weighted by atomic mass is 16.2. The molecule has 0 radical (unpaired) electrons. The van der Waals surface area contributed by atoms with Gasteiger partial charge in [-0.05, 0) is 25.7 Å². The van der Waals surface area contributed by atoms with Gasteiger partial charge in [0.25, 0.3) is 0 Å². The fourth-order valence-corrected chi connectivity index (χ4v) is 4.11. The number of nitrogens with one attached hydrogen (secondary N) is 1. The van der Waals surface area contributed by atoms with Crippen LogP contribution in [0.1, 0.15) is 41.5 Å². The zero-order valence-corrected chi connectivity index (χ0v) is 17.7. The Bertz CT molecular complexity index is 630. The lowest BCUT2D eigenvalue weighted by molar-refractivity contribution is 0.182. The molecule has 0 saturated carbocycles. The molecule has 2 atom stereocenters.